The molecule has 0 unspecified atom stereocenters. The van der Waals surface area contributed by atoms with Gasteiger partial charge in [0.1, 0.15) is 0 Å². The molecule has 2 nitrogen and oxygen atoms in total. The summed E-state index contributed by atoms with van der Waals surface area (Å²) in [5.41, 5.74) is 0. The first-order valence-corrected chi connectivity index (χ1v) is 4.16. The SMILES string of the molecule is FC(F)Oc1nscc1I. The molecule has 0 N–H and O–H groups in total. The summed E-state index contributed by atoms with van der Waals surface area (Å²) in [4.78, 5) is 0. The fourth-order valence-electron chi connectivity index (χ4n) is 0.377. The van der Waals surface area contributed by atoms with Crippen molar-refractivity contribution in [2.24, 2.45) is 0 Å². The van der Waals surface area contributed by atoms with Crippen LogP contribution in [0.2, 0.25) is 0 Å². The van der Waals surface area contributed by atoms with Crippen LogP contribution < -0.4 is 4.74 Å². The van der Waals surface area contributed by atoms with E-state index in [-0.39, 0.29) is 5.88 Å². The molecule has 0 atom stereocenters. The molecule has 6 heteroatoms. The fourth-order valence-corrected chi connectivity index (χ4v) is 1.61. The highest BCUT2D eigenvalue weighted by molar-refractivity contribution is 14.1. The summed E-state index contributed by atoms with van der Waals surface area (Å²) in [5, 5.41) is 1.64. The minimum atomic E-state index is -2.78. The second-order valence-electron chi connectivity index (χ2n) is 1.35. The molecule has 56 valence electrons. The highest BCUT2D eigenvalue weighted by Crippen LogP contribution is 2.21. The fraction of sp³-hybridized carbons (Fsp3) is 0.250. The first kappa shape index (κ1) is 8.12. The number of hydrogen-bond acceptors (Lipinski definition) is 3. The monoisotopic (exact) mass is 277 g/mol. The number of aromatic nitrogens is 1. The van der Waals surface area contributed by atoms with Crippen molar-refractivity contribution in [3.8, 4) is 5.88 Å². The predicted octanol–water partition coefficient (Wildman–Crippen LogP) is 2.35. The molecule has 0 aliphatic heterocycles. The van der Waals surface area contributed by atoms with E-state index in [1.54, 1.807) is 5.38 Å². The molecule has 0 spiro atoms. The summed E-state index contributed by atoms with van der Waals surface area (Å²) in [5.74, 6) is 0.0144. The number of hydrogen-bond donors (Lipinski definition) is 0. The third-order valence-electron chi connectivity index (χ3n) is 0.697. The Kier molecular flexibility index (Phi) is 2.78. The van der Waals surface area contributed by atoms with Gasteiger partial charge in [0.25, 0.3) is 0 Å². The minimum absolute atomic E-state index is 0.0144. The summed E-state index contributed by atoms with van der Waals surface area (Å²) in [6.45, 7) is -2.78. The van der Waals surface area contributed by atoms with E-state index in [0.29, 0.717) is 3.57 Å². The van der Waals surface area contributed by atoms with Crippen molar-refractivity contribution in [2.45, 2.75) is 6.61 Å². The van der Waals surface area contributed by atoms with Gasteiger partial charge in [-0.3, -0.25) is 0 Å². The largest absolute Gasteiger partial charge is 0.415 e. The zero-order chi connectivity index (χ0) is 7.56. The van der Waals surface area contributed by atoms with E-state index in [4.69, 9.17) is 0 Å². The molecule has 0 saturated carbocycles. The van der Waals surface area contributed by atoms with Crippen LogP contribution in [0.1, 0.15) is 0 Å². The third kappa shape index (κ3) is 2.01. The van der Waals surface area contributed by atoms with Crippen molar-refractivity contribution in [1.82, 2.24) is 4.37 Å². The molecule has 10 heavy (non-hydrogen) atoms. The Balaban J connectivity index is 2.65. The van der Waals surface area contributed by atoms with Crippen LogP contribution in [0.25, 0.3) is 0 Å². The molecule has 1 aromatic rings. The summed E-state index contributed by atoms with van der Waals surface area (Å²) in [7, 11) is 0. The Morgan fingerprint density at radius 1 is 1.70 bits per heavy atom. The maximum atomic E-state index is 11.5. The molecule has 0 radical (unpaired) electrons. The van der Waals surface area contributed by atoms with E-state index < -0.39 is 6.61 Å². The standard InChI is InChI=1S/C4H2F2INOS/c5-4(6)9-3-2(7)1-10-8-3/h1,4H. The van der Waals surface area contributed by atoms with Gasteiger partial charge in [-0.25, -0.2) is 0 Å². The Labute approximate surface area is 73.5 Å². The normalized spacial score (nSPS) is 10.4. The highest BCUT2D eigenvalue weighted by Gasteiger charge is 2.09. The van der Waals surface area contributed by atoms with Gasteiger partial charge in [-0.05, 0) is 34.1 Å². The molecule has 1 rings (SSSR count). The van der Waals surface area contributed by atoms with Crippen molar-refractivity contribution in [1.29, 1.82) is 0 Å². The van der Waals surface area contributed by atoms with E-state index in [1.165, 1.54) is 0 Å². The van der Waals surface area contributed by atoms with E-state index in [2.05, 4.69) is 9.11 Å². The Morgan fingerprint density at radius 3 is 2.80 bits per heavy atom. The lowest BCUT2D eigenvalue weighted by atomic mass is 10.7. The van der Waals surface area contributed by atoms with Crippen LogP contribution in [-0.4, -0.2) is 11.0 Å². The quantitative estimate of drug-likeness (QED) is 0.774. The molecule has 0 bridgehead atoms. The summed E-state index contributed by atoms with van der Waals surface area (Å²) < 4.78 is 31.3. The first-order chi connectivity index (χ1) is 4.70. The van der Waals surface area contributed by atoms with E-state index in [0.717, 1.165) is 11.5 Å². The molecule has 0 saturated heterocycles. The number of ether oxygens (including phenoxy) is 1. The third-order valence-corrected chi connectivity index (χ3v) is 2.50. The van der Waals surface area contributed by atoms with Crippen LogP contribution in [0, 0.1) is 3.57 Å². The second kappa shape index (κ2) is 3.42. The topological polar surface area (TPSA) is 22.1 Å². The maximum absolute atomic E-state index is 11.5. The molecule has 0 aliphatic carbocycles. The first-order valence-electron chi connectivity index (χ1n) is 2.25. The van der Waals surface area contributed by atoms with E-state index in [9.17, 15) is 8.78 Å². The Bertz CT molecular complexity index is 217. The van der Waals surface area contributed by atoms with Crippen molar-refractivity contribution in [3.05, 3.63) is 8.95 Å². The Morgan fingerprint density at radius 2 is 2.40 bits per heavy atom. The van der Waals surface area contributed by atoms with Gasteiger partial charge in [0.2, 0.25) is 5.88 Å². The van der Waals surface area contributed by atoms with E-state index in [1.807, 2.05) is 22.6 Å². The molecule has 0 fully saturated rings. The lowest BCUT2D eigenvalue weighted by Gasteiger charge is -1.98. The Hall–Kier alpha value is 0.0200. The van der Waals surface area contributed by atoms with Crippen LogP contribution in [0.3, 0.4) is 0 Å². The van der Waals surface area contributed by atoms with Crippen molar-refractivity contribution in [2.75, 3.05) is 0 Å². The number of nitrogens with zero attached hydrogens (tertiary/aromatic N) is 1. The van der Waals surface area contributed by atoms with Gasteiger partial charge in [-0.15, -0.1) is 0 Å². The van der Waals surface area contributed by atoms with Gasteiger partial charge in [-0.1, -0.05) is 0 Å². The number of rotatable bonds is 2. The molecule has 1 heterocycles. The molecule has 0 aromatic carbocycles. The number of halogens is 3. The van der Waals surface area contributed by atoms with Gasteiger partial charge in [0.05, 0.1) is 3.57 Å². The van der Waals surface area contributed by atoms with Crippen LogP contribution >= 0.6 is 34.1 Å². The van der Waals surface area contributed by atoms with Gasteiger partial charge in [0.15, 0.2) is 0 Å². The van der Waals surface area contributed by atoms with Crippen LogP contribution in [0.15, 0.2) is 5.38 Å². The lowest BCUT2D eigenvalue weighted by Crippen LogP contribution is -2.02. The van der Waals surface area contributed by atoms with Gasteiger partial charge >= 0.3 is 6.61 Å². The van der Waals surface area contributed by atoms with Crippen molar-refractivity contribution < 1.29 is 13.5 Å². The van der Waals surface area contributed by atoms with Crippen molar-refractivity contribution >= 4 is 34.1 Å². The zero-order valence-corrected chi connectivity index (χ0v) is 7.53. The van der Waals surface area contributed by atoms with Gasteiger partial charge < -0.3 is 4.74 Å². The lowest BCUT2D eigenvalue weighted by molar-refractivity contribution is -0.0528. The molecule has 1 aromatic heterocycles. The van der Waals surface area contributed by atoms with Gasteiger partial charge in [-0.2, -0.15) is 13.2 Å². The maximum Gasteiger partial charge on any atom is 0.388 e. The predicted molar refractivity (Wildman–Crippen MR) is 41.5 cm³/mol. The minimum Gasteiger partial charge on any atom is -0.415 e. The summed E-state index contributed by atoms with van der Waals surface area (Å²) >= 11 is 2.97. The molecular weight excluding hydrogens is 275 g/mol. The highest BCUT2D eigenvalue weighted by atomic mass is 127. The average molecular weight is 277 g/mol. The molecule has 0 aliphatic rings. The second-order valence-corrected chi connectivity index (χ2v) is 3.14. The number of alkyl halides is 2. The van der Waals surface area contributed by atoms with Crippen molar-refractivity contribution in [3.63, 3.8) is 0 Å². The molecule has 0 amide bonds. The summed E-state index contributed by atoms with van der Waals surface area (Å²) in [6, 6.07) is 0. The smallest absolute Gasteiger partial charge is 0.388 e. The van der Waals surface area contributed by atoms with Crippen LogP contribution in [0.5, 0.6) is 5.88 Å². The van der Waals surface area contributed by atoms with Gasteiger partial charge in [0, 0.05) is 5.38 Å². The van der Waals surface area contributed by atoms with E-state index >= 15 is 0 Å². The summed E-state index contributed by atoms with van der Waals surface area (Å²) in [6.07, 6.45) is 0. The zero-order valence-electron chi connectivity index (χ0n) is 4.55. The van der Waals surface area contributed by atoms with Crippen LogP contribution in [-0.2, 0) is 0 Å². The van der Waals surface area contributed by atoms with Crippen LogP contribution in [0.4, 0.5) is 8.78 Å². The average Bonchev–Trinajstić information content (AvgIpc) is 2.15. The molecular formula is C4H2F2INOS.